The summed E-state index contributed by atoms with van der Waals surface area (Å²) in [5.74, 6) is 0.0204. The first-order chi connectivity index (χ1) is 12.7. The fourth-order valence-corrected chi connectivity index (χ4v) is 4.80. The van der Waals surface area contributed by atoms with Crippen LogP contribution < -0.4 is 10.6 Å². The van der Waals surface area contributed by atoms with E-state index in [4.69, 9.17) is 0 Å². The molecule has 1 aromatic carbocycles. The zero-order valence-electron chi connectivity index (χ0n) is 14.3. The minimum absolute atomic E-state index is 0.0268. The van der Waals surface area contributed by atoms with Gasteiger partial charge in [0.05, 0.1) is 18.0 Å². The Morgan fingerprint density at radius 1 is 1.15 bits per heavy atom. The number of benzene rings is 1. The van der Waals surface area contributed by atoms with Crippen LogP contribution in [0.25, 0.3) is 0 Å². The van der Waals surface area contributed by atoms with Gasteiger partial charge in [-0.2, -0.15) is 0 Å². The van der Waals surface area contributed by atoms with Crippen LogP contribution in [0.15, 0.2) is 48.7 Å². The Balaban J connectivity index is 1.43. The summed E-state index contributed by atoms with van der Waals surface area (Å²) in [5.41, 5.74) is 1.73. The Kier molecular flexibility index (Phi) is 3.29. The summed E-state index contributed by atoms with van der Waals surface area (Å²) in [7, 11) is 0. The Bertz CT molecular complexity index is 884. The molecule has 2 amide bonds. The lowest BCUT2D eigenvalue weighted by Crippen LogP contribution is -2.64. The Hall–Kier alpha value is -2.89. The van der Waals surface area contributed by atoms with Crippen molar-refractivity contribution in [2.75, 3.05) is 5.32 Å². The highest BCUT2D eigenvalue weighted by Crippen LogP contribution is 2.46. The molecule has 2 aromatic rings. The second-order valence-corrected chi connectivity index (χ2v) is 7.35. The topological polar surface area (TPSA) is 74.3 Å². The SMILES string of the molecule is O=C1N[C@]2(C[C@H]3CC[C@@H]2N3C(=O)Cc2ccccn2)Nc2ccccc21. The van der Waals surface area contributed by atoms with E-state index < -0.39 is 5.66 Å². The van der Waals surface area contributed by atoms with Gasteiger partial charge in [-0.05, 0) is 37.1 Å². The lowest BCUT2D eigenvalue weighted by atomic mass is 9.86. The van der Waals surface area contributed by atoms with Gasteiger partial charge in [-0.1, -0.05) is 18.2 Å². The van der Waals surface area contributed by atoms with Gasteiger partial charge in [0.1, 0.15) is 5.66 Å². The maximum absolute atomic E-state index is 13.0. The smallest absolute Gasteiger partial charge is 0.255 e. The average molecular weight is 348 g/mol. The third kappa shape index (κ3) is 2.21. The normalized spacial score (nSPS) is 28.6. The predicted octanol–water partition coefficient (Wildman–Crippen LogP) is 1.94. The molecular weight excluding hydrogens is 328 g/mol. The van der Waals surface area contributed by atoms with Gasteiger partial charge < -0.3 is 15.5 Å². The molecule has 26 heavy (non-hydrogen) atoms. The number of para-hydroxylation sites is 1. The first-order valence-corrected chi connectivity index (χ1v) is 9.07. The van der Waals surface area contributed by atoms with Crippen LogP contribution >= 0.6 is 0 Å². The number of anilines is 1. The Morgan fingerprint density at radius 2 is 2.00 bits per heavy atom. The van der Waals surface area contributed by atoms with Crippen LogP contribution in [0.2, 0.25) is 0 Å². The number of hydrogen-bond donors (Lipinski definition) is 2. The van der Waals surface area contributed by atoms with Crippen molar-refractivity contribution in [2.24, 2.45) is 0 Å². The number of amides is 2. The summed E-state index contributed by atoms with van der Waals surface area (Å²) < 4.78 is 0. The molecule has 2 bridgehead atoms. The van der Waals surface area contributed by atoms with E-state index in [1.807, 2.05) is 47.4 Å². The largest absolute Gasteiger partial charge is 0.360 e. The van der Waals surface area contributed by atoms with Crippen LogP contribution in [0.5, 0.6) is 0 Å². The van der Waals surface area contributed by atoms with Gasteiger partial charge in [0.2, 0.25) is 5.91 Å². The van der Waals surface area contributed by atoms with Gasteiger partial charge in [-0.15, -0.1) is 0 Å². The number of aromatic nitrogens is 1. The predicted molar refractivity (Wildman–Crippen MR) is 96.5 cm³/mol. The molecule has 0 unspecified atom stereocenters. The molecule has 2 saturated heterocycles. The zero-order chi connectivity index (χ0) is 17.7. The maximum atomic E-state index is 13.0. The van der Waals surface area contributed by atoms with E-state index in [0.717, 1.165) is 30.6 Å². The minimum atomic E-state index is -0.561. The maximum Gasteiger partial charge on any atom is 0.255 e. The van der Waals surface area contributed by atoms with Crippen molar-refractivity contribution in [3.05, 3.63) is 59.9 Å². The van der Waals surface area contributed by atoms with Crippen molar-refractivity contribution in [3.8, 4) is 0 Å². The fourth-order valence-electron chi connectivity index (χ4n) is 4.80. The van der Waals surface area contributed by atoms with Crippen molar-refractivity contribution in [2.45, 2.75) is 43.4 Å². The van der Waals surface area contributed by atoms with Crippen molar-refractivity contribution in [1.82, 2.24) is 15.2 Å². The van der Waals surface area contributed by atoms with Crippen LogP contribution in [0, 0.1) is 0 Å². The molecule has 1 aromatic heterocycles. The Labute approximate surface area is 151 Å². The number of nitrogens with zero attached hydrogens (tertiary/aromatic N) is 2. The zero-order valence-corrected chi connectivity index (χ0v) is 14.3. The molecule has 3 aliphatic rings. The second-order valence-electron chi connectivity index (χ2n) is 7.35. The molecule has 132 valence electrons. The van der Waals surface area contributed by atoms with Gasteiger partial charge in [0.25, 0.3) is 5.91 Å². The number of nitrogens with one attached hydrogen (secondary N) is 2. The van der Waals surface area contributed by atoms with Gasteiger partial charge in [-0.3, -0.25) is 14.6 Å². The van der Waals surface area contributed by atoms with Gasteiger partial charge in [0, 0.05) is 30.0 Å². The first-order valence-electron chi connectivity index (χ1n) is 9.07. The lowest BCUT2D eigenvalue weighted by molar-refractivity contribution is -0.132. The van der Waals surface area contributed by atoms with Crippen molar-refractivity contribution < 1.29 is 9.59 Å². The molecule has 6 nitrogen and oxygen atoms in total. The molecule has 2 N–H and O–H groups in total. The van der Waals surface area contributed by atoms with Gasteiger partial charge in [-0.25, -0.2) is 0 Å². The van der Waals surface area contributed by atoms with Crippen LogP contribution in [0.1, 0.15) is 35.3 Å². The van der Waals surface area contributed by atoms with E-state index in [9.17, 15) is 9.59 Å². The number of carbonyl (C=O) groups is 2. The molecule has 3 aliphatic heterocycles. The van der Waals surface area contributed by atoms with Crippen molar-refractivity contribution in [1.29, 1.82) is 0 Å². The average Bonchev–Trinajstić information content (AvgIpc) is 3.18. The standard InChI is InChI=1S/C20H20N4O2/c25-18(11-13-5-3-4-10-21-13)24-14-8-9-17(24)20(12-14)22-16-7-2-1-6-15(16)19(26)23-20/h1-7,10,14,17,22H,8-9,11-12H2,(H,23,26)/t14-,17+,20+/m1/s1. The quantitative estimate of drug-likeness (QED) is 0.870. The number of rotatable bonds is 2. The molecule has 3 atom stereocenters. The molecule has 0 saturated carbocycles. The first kappa shape index (κ1) is 15.4. The molecular formula is C20H20N4O2. The molecule has 1 spiro atoms. The van der Waals surface area contributed by atoms with Gasteiger partial charge in [0.15, 0.2) is 0 Å². The van der Waals surface area contributed by atoms with Crippen LogP contribution in [-0.2, 0) is 11.2 Å². The highest BCUT2D eigenvalue weighted by molar-refractivity contribution is 6.02. The molecule has 6 heteroatoms. The fraction of sp³-hybridized carbons (Fsp3) is 0.350. The number of hydrogen-bond acceptors (Lipinski definition) is 4. The molecule has 5 rings (SSSR count). The third-order valence-corrected chi connectivity index (χ3v) is 5.84. The summed E-state index contributed by atoms with van der Waals surface area (Å²) in [6.45, 7) is 0. The van der Waals surface area contributed by atoms with Crippen molar-refractivity contribution >= 4 is 17.5 Å². The molecule has 0 radical (unpaired) electrons. The third-order valence-electron chi connectivity index (χ3n) is 5.84. The molecule has 2 fully saturated rings. The monoisotopic (exact) mass is 348 g/mol. The van der Waals surface area contributed by atoms with Crippen LogP contribution in [-0.4, -0.2) is 39.4 Å². The number of fused-ring (bicyclic) bond motifs is 4. The summed E-state index contributed by atoms with van der Waals surface area (Å²) >= 11 is 0. The van der Waals surface area contributed by atoms with E-state index in [2.05, 4.69) is 15.6 Å². The molecule has 0 aliphatic carbocycles. The number of carbonyl (C=O) groups excluding carboxylic acids is 2. The summed E-state index contributed by atoms with van der Waals surface area (Å²) in [6, 6.07) is 13.3. The van der Waals surface area contributed by atoms with E-state index in [0.29, 0.717) is 12.0 Å². The summed E-state index contributed by atoms with van der Waals surface area (Å²) in [5, 5.41) is 6.71. The highest BCUT2D eigenvalue weighted by atomic mass is 16.2. The van der Waals surface area contributed by atoms with E-state index >= 15 is 0 Å². The van der Waals surface area contributed by atoms with E-state index in [-0.39, 0.29) is 23.9 Å². The second kappa shape index (κ2) is 5.56. The molecule has 4 heterocycles. The number of pyridine rings is 1. The van der Waals surface area contributed by atoms with Crippen molar-refractivity contribution in [3.63, 3.8) is 0 Å². The minimum Gasteiger partial charge on any atom is -0.360 e. The summed E-state index contributed by atoms with van der Waals surface area (Å²) in [6.07, 6.45) is 4.64. The lowest BCUT2D eigenvalue weighted by Gasteiger charge is -2.43. The Morgan fingerprint density at radius 3 is 2.85 bits per heavy atom. The van der Waals surface area contributed by atoms with Crippen LogP contribution in [0.3, 0.4) is 0 Å². The summed E-state index contributed by atoms with van der Waals surface area (Å²) in [4.78, 5) is 31.9. The van der Waals surface area contributed by atoms with E-state index in [1.54, 1.807) is 6.20 Å². The van der Waals surface area contributed by atoms with Crippen LogP contribution in [0.4, 0.5) is 5.69 Å². The van der Waals surface area contributed by atoms with Gasteiger partial charge >= 0.3 is 0 Å². The van der Waals surface area contributed by atoms with E-state index in [1.165, 1.54) is 0 Å². The highest BCUT2D eigenvalue weighted by Gasteiger charge is 2.59.